The Kier molecular flexibility index (Phi) is 5.54. The van der Waals surface area contributed by atoms with Crippen molar-refractivity contribution in [2.45, 2.75) is 24.9 Å². The Morgan fingerprint density at radius 1 is 0.542 bits per heavy atom. The number of hydrogen-bond donors (Lipinski definition) is 0. The molecule has 4 rings (SSSR count). The first kappa shape index (κ1) is 17.4. The summed E-state index contributed by atoms with van der Waals surface area (Å²) in [6.45, 7) is 0. The smallest absolute Gasteiger partial charge is 0.0130 e. The number of benzene rings is 3. The number of halogens is 1. The summed E-state index contributed by atoms with van der Waals surface area (Å²) in [6, 6.07) is 33.7. The molecule has 0 atom stereocenters. The quantitative estimate of drug-likeness (QED) is 0.586. The van der Waals surface area contributed by atoms with Crippen LogP contribution in [0.3, 0.4) is 0 Å². The van der Waals surface area contributed by atoms with E-state index in [2.05, 4.69) is 91.0 Å². The third-order valence-corrected chi connectivity index (χ3v) is 10.1. The highest BCUT2D eigenvalue weighted by Gasteiger charge is 2.43. The molecule has 1 fully saturated rings. The van der Waals surface area contributed by atoms with Crippen LogP contribution in [0.4, 0.5) is 0 Å². The summed E-state index contributed by atoms with van der Waals surface area (Å²) in [6.07, 6.45) is 4.08. The Bertz CT molecular complexity index is 655. The predicted octanol–water partition coefficient (Wildman–Crippen LogP) is 1.54. The van der Waals surface area contributed by atoms with Gasteiger partial charge in [-0.15, -0.1) is 0 Å². The molecule has 0 bridgehead atoms. The monoisotopic (exact) mass is 396 g/mol. The van der Waals surface area contributed by atoms with Crippen molar-refractivity contribution < 1.29 is 17.0 Å². The molecule has 0 aliphatic heterocycles. The van der Waals surface area contributed by atoms with Crippen molar-refractivity contribution in [1.29, 1.82) is 0 Å². The predicted molar refractivity (Wildman–Crippen MR) is 103 cm³/mol. The van der Waals surface area contributed by atoms with Crippen molar-refractivity contribution in [2.75, 3.05) is 0 Å². The molecule has 0 unspecified atom stereocenters. The van der Waals surface area contributed by atoms with Gasteiger partial charge in [-0.2, -0.15) is 0 Å². The van der Waals surface area contributed by atoms with E-state index >= 15 is 0 Å². The van der Waals surface area contributed by atoms with Gasteiger partial charge in [0.05, 0.1) is 0 Å². The van der Waals surface area contributed by atoms with E-state index < -0.39 is 7.26 Å². The van der Waals surface area contributed by atoms with Crippen LogP contribution < -0.4 is 32.9 Å². The van der Waals surface area contributed by atoms with Gasteiger partial charge < -0.3 is 17.0 Å². The molecule has 24 heavy (non-hydrogen) atoms. The summed E-state index contributed by atoms with van der Waals surface area (Å²) < 4.78 is 0. The summed E-state index contributed by atoms with van der Waals surface area (Å²) in [5, 5.41) is 4.59. The highest BCUT2D eigenvalue weighted by molar-refractivity contribution is 7.96. The van der Waals surface area contributed by atoms with Crippen LogP contribution in [0, 0.1) is 0 Å². The Labute approximate surface area is 156 Å². The fraction of sp³-hybridized carbons (Fsp3) is 0.182. The van der Waals surface area contributed by atoms with Crippen LogP contribution in [0.15, 0.2) is 91.0 Å². The molecule has 2 heteroatoms. The first-order chi connectivity index (χ1) is 11.4. The standard InChI is InChI=1S/C22H22P.BrH/c1-4-11-19(12-5-1)23(22-17-10-18-22,20-13-6-2-7-14-20)21-15-8-3-9-16-21;/h1-9,11-16,22H,10,17-18H2;1H/p-1. The van der Waals surface area contributed by atoms with Gasteiger partial charge in [-0.1, -0.05) is 97.4 Å². The first-order valence-corrected chi connectivity index (χ1v) is 10.3. The van der Waals surface area contributed by atoms with E-state index in [-0.39, 0.29) is 17.0 Å². The van der Waals surface area contributed by atoms with Crippen molar-refractivity contribution in [3.8, 4) is 0 Å². The van der Waals surface area contributed by atoms with Gasteiger partial charge in [0, 0.05) is 0 Å². The lowest BCUT2D eigenvalue weighted by molar-refractivity contribution is -0.00000443. The molecule has 1 aliphatic rings. The van der Waals surface area contributed by atoms with Gasteiger partial charge in [-0.25, -0.2) is 0 Å². The van der Waals surface area contributed by atoms with Crippen LogP contribution in [-0.4, -0.2) is 5.66 Å². The summed E-state index contributed by atoms with van der Waals surface area (Å²) >= 11 is 0. The average molecular weight is 397 g/mol. The van der Waals surface area contributed by atoms with Crippen LogP contribution in [-0.2, 0) is 0 Å². The van der Waals surface area contributed by atoms with E-state index in [1.54, 1.807) is 0 Å². The molecule has 0 heterocycles. The first-order valence-electron chi connectivity index (χ1n) is 8.48. The van der Waals surface area contributed by atoms with Gasteiger partial charge in [-0.3, -0.25) is 0 Å². The topological polar surface area (TPSA) is 0 Å². The molecular formula is C22H22BrP-. The molecule has 1 aliphatic carbocycles. The van der Waals surface area contributed by atoms with Crippen LogP contribution in [0.25, 0.3) is 0 Å². The minimum absolute atomic E-state index is 0. The second kappa shape index (κ2) is 7.64. The highest BCUT2D eigenvalue weighted by atomic mass is 79.9. The molecule has 0 saturated heterocycles. The summed E-state index contributed by atoms with van der Waals surface area (Å²) in [5.41, 5.74) is 0.787. The molecule has 0 nitrogen and oxygen atoms in total. The molecule has 123 valence electrons. The Morgan fingerprint density at radius 2 is 0.875 bits per heavy atom. The fourth-order valence-electron chi connectivity index (χ4n) is 3.84. The van der Waals surface area contributed by atoms with Crippen molar-refractivity contribution >= 4 is 23.2 Å². The van der Waals surface area contributed by atoms with Crippen LogP contribution in [0.5, 0.6) is 0 Å². The molecule has 0 spiro atoms. The summed E-state index contributed by atoms with van der Waals surface area (Å²) in [4.78, 5) is 0. The highest BCUT2D eigenvalue weighted by Crippen LogP contribution is 2.65. The maximum absolute atomic E-state index is 2.35. The van der Waals surface area contributed by atoms with Gasteiger partial charge in [0.25, 0.3) is 0 Å². The van der Waals surface area contributed by atoms with Gasteiger partial charge in [0.15, 0.2) is 0 Å². The Hall–Kier alpha value is -1.43. The maximum atomic E-state index is 2.35. The van der Waals surface area contributed by atoms with E-state index in [4.69, 9.17) is 0 Å². The molecular weight excluding hydrogens is 375 g/mol. The Morgan fingerprint density at radius 3 is 1.12 bits per heavy atom. The lowest BCUT2D eigenvalue weighted by Crippen LogP contribution is -3.00. The summed E-state index contributed by atoms with van der Waals surface area (Å²) in [7, 11) is -1.56. The molecule has 1 saturated carbocycles. The van der Waals surface area contributed by atoms with Crippen molar-refractivity contribution in [3.63, 3.8) is 0 Å². The van der Waals surface area contributed by atoms with E-state index in [1.807, 2.05) is 0 Å². The van der Waals surface area contributed by atoms with Gasteiger partial charge >= 0.3 is 0 Å². The van der Waals surface area contributed by atoms with E-state index in [9.17, 15) is 0 Å². The Balaban J connectivity index is 0.00000169. The average Bonchev–Trinajstić information content (AvgIpc) is 2.60. The largest absolute Gasteiger partial charge is 1.00 e. The SMILES string of the molecule is [Br-].c1ccc([P](c2ccccc2)(c2ccccc2)C2CCC2)cc1. The number of hydrogen-bond acceptors (Lipinski definition) is 0. The normalized spacial score (nSPS) is 14.5. The van der Waals surface area contributed by atoms with E-state index in [0.717, 1.165) is 5.66 Å². The van der Waals surface area contributed by atoms with Crippen molar-refractivity contribution in [2.24, 2.45) is 0 Å². The molecule has 3 aromatic rings. The molecule has 0 N–H and O–H groups in total. The van der Waals surface area contributed by atoms with Gasteiger partial charge in [-0.05, 0) is 41.7 Å². The zero-order chi connectivity index (χ0) is 15.5. The fourth-order valence-corrected chi connectivity index (χ4v) is 9.07. The third kappa shape index (κ3) is 2.85. The van der Waals surface area contributed by atoms with Gasteiger partial charge in [0.2, 0.25) is 0 Å². The molecule has 0 amide bonds. The minimum Gasteiger partial charge on any atom is -1.00 e. The molecule has 0 aromatic heterocycles. The van der Waals surface area contributed by atoms with Crippen LogP contribution in [0.1, 0.15) is 19.3 Å². The second-order valence-corrected chi connectivity index (χ2v) is 10.0. The zero-order valence-corrected chi connectivity index (χ0v) is 16.2. The molecule has 3 aromatic carbocycles. The molecule has 1 radical (unpaired) electrons. The lowest BCUT2D eigenvalue weighted by Gasteiger charge is -2.49. The van der Waals surface area contributed by atoms with E-state index in [0.29, 0.717) is 0 Å². The number of rotatable bonds is 4. The van der Waals surface area contributed by atoms with Crippen LogP contribution >= 0.6 is 7.26 Å². The van der Waals surface area contributed by atoms with Crippen LogP contribution in [0.2, 0.25) is 0 Å². The second-order valence-electron chi connectivity index (χ2n) is 6.31. The van der Waals surface area contributed by atoms with Crippen molar-refractivity contribution in [1.82, 2.24) is 0 Å². The lowest BCUT2D eigenvalue weighted by atomic mass is 10.00. The van der Waals surface area contributed by atoms with E-state index in [1.165, 1.54) is 35.2 Å². The zero-order valence-electron chi connectivity index (χ0n) is 13.7. The minimum atomic E-state index is -1.56. The van der Waals surface area contributed by atoms with Crippen molar-refractivity contribution in [3.05, 3.63) is 91.0 Å². The maximum Gasteiger partial charge on any atom is -0.0130 e. The van der Waals surface area contributed by atoms with Gasteiger partial charge in [0.1, 0.15) is 0 Å². The summed E-state index contributed by atoms with van der Waals surface area (Å²) in [5.74, 6) is 0. The third-order valence-electron chi connectivity index (χ3n) is 5.11.